The lowest BCUT2D eigenvalue weighted by Crippen LogP contribution is -2.07. The zero-order valence-electron chi connectivity index (χ0n) is 8.28. The number of esters is 1. The molecule has 0 atom stereocenters. The van der Waals surface area contributed by atoms with Crippen molar-refractivity contribution >= 4 is 11.8 Å². The number of carbonyl (C=O) groups is 1. The van der Waals surface area contributed by atoms with Gasteiger partial charge in [-0.15, -0.1) is 0 Å². The minimum absolute atomic E-state index is 0.217. The van der Waals surface area contributed by atoms with Crippen molar-refractivity contribution in [2.75, 3.05) is 19.0 Å². The maximum absolute atomic E-state index is 11.0. The first-order valence-electron chi connectivity index (χ1n) is 4.42. The number of hydrogen-bond donors (Lipinski definition) is 1. The zero-order valence-corrected chi connectivity index (χ0v) is 8.28. The second kappa shape index (κ2) is 5.16. The predicted octanol–water partition coefficient (Wildman–Crippen LogP) is 1.09. The van der Waals surface area contributed by atoms with E-state index in [0.717, 1.165) is 13.0 Å². The predicted molar refractivity (Wildman–Crippen MR) is 52.2 cm³/mol. The van der Waals surface area contributed by atoms with Gasteiger partial charge in [0.15, 0.2) is 5.69 Å². The van der Waals surface area contributed by atoms with Gasteiger partial charge in [0, 0.05) is 6.54 Å². The number of hydrogen-bond acceptors (Lipinski definition) is 5. The van der Waals surface area contributed by atoms with E-state index in [9.17, 15) is 4.79 Å². The van der Waals surface area contributed by atoms with Crippen LogP contribution in [0.25, 0.3) is 0 Å². The van der Waals surface area contributed by atoms with Crippen LogP contribution in [0.3, 0.4) is 0 Å². The smallest absolute Gasteiger partial charge is 0.358 e. The minimum Gasteiger partial charge on any atom is -0.464 e. The van der Waals surface area contributed by atoms with Gasteiger partial charge in [0.1, 0.15) is 5.82 Å². The molecule has 0 fully saturated rings. The van der Waals surface area contributed by atoms with Crippen molar-refractivity contribution in [3.63, 3.8) is 0 Å². The Morgan fingerprint density at radius 3 is 2.79 bits per heavy atom. The first-order valence-corrected chi connectivity index (χ1v) is 4.42. The molecule has 1 aromatic rings. The Bertz CT molecular complexity index is 297. The number of carbonyl (C=O) groups excluding carboxylic acids is 1. The summed E-state index contributed by atoms with van der Waals surface area (Å²) in [5.74, 6) is 0.194. The normalized spacial score (nSPS) is 9.57. The van der Waals surface area contributed by atoms with E-state index in [4.69, 9.17) is 0 Å². The van der Waals surface area contributed by atoms with Crippen molar-refractivity contribution in [2.24, 2.45) is 0 Å². The van der Waals surface area contributed by atoms with Gasteiger partial charge in [-0.2, -0.15) is 0 Å². The fourth-order valence-electron chi connectivity index (χ4n) is 0.882. The van der Waals surface area contributed by atoms with Crippen molar-refractivity contribution in [3.05, 3.63) is 18.1 Å². The van der Waals surface area contributed by atoms with Crippen LogP contribution in [0.2, 0.25) is 0 Å². The van der Waals surface area contributed by atoms with Crippen molar-refractivity contribution in [2.45, 2.75) is 13.3 Å². The summed E-state index contributed by atoms with van der Waals surface area (Å²) in [4.78, 5) is 18.9. The van der Waals surface area contributed by atoms with E-state index in [1.807, 2.05) is 0 Å². The molecule has 0 radical (unpaired) electrons. The summed E-state index contributed by atoms with van der Waals surface area (Å²) in [6.07, 6.45) is 3.92. The second-order valence-electron chi connectivity index (χ2n) is 2.71. The fraction of sp³-hybridized carbons (Fsp3) is 0.444. The number of methoxy groups -OCH3 is 1. The maximum atomic E-state index is 11.0. The SMILES string of the molecule is CCCNc1cnc(C(=O)OC)cn1. The molecule has 1 N–H and O–H groups in total. The highest BCUT2D eigenvalue weighted by atomic mass is 16.5. The summed E-state index contributed by atoms with van der Waals surface area (Å²) in [5.41, 5.74) is 0.217. The Hall–Kier alpha value is -1.65. The molecule has 1 aromatic heterocycles. The van der Waals surface area contributed by atoms with E-state index >= 15 is 0 Å². The molecular formula is C9H13N3O2. The second-order valence-corrected chi connectivity index (χ2v) is 2.71. The van der Waals surface area contributed by atoms with E-state index in [0.29, 0.717) is 5.82 Å². The van der Waals surface area contributed by atoms with Gasteiger partial charge in [-0.25, -0.2) is 14.8 Å². The Morgan fingerprint density at radius 2 is 2.29 bits per heavy atom. The summed E-state index contributed by atoms with van der Waals surface area (Å²) in [7, 11) is 1.31. The van der Waals surface area contributed by atoms with Crippen LogP contribution in [0.4, 0.5) is 5.82 Å². The van der Waals surface area contributed by atoms with E-state index in [-0.39, 0.29) is 5.69 Å². The molecule has 0 spiro atoms. The maximum Gasteiger partial charge on any atom is 0.358 e. The molecule has 0 saturated carbocycles. The van der Waals surface area contributed by atoms with Gasteiger partial charge >= 0.3 is 5.97 Å². The number of ether oxygens (including phenoxy) is 1. The van der Waals surface area contributed by atoms with Crippen LogP contribution >= 0.6 is 0 Å². The van der Waals surface area contributed by atoms with E-state index in [1.165, 1.54) is 19.5 Å². The molecule has 76 valence electrons. The van der Waals surface area contributed by atoms with Gasteiger partial charge in [-0.1, -0.05) is 6.92 Å². The fourth-order valence-corrected chi connectivity index (χ4v) is 0.882. The third-order valence-electron chi connectivity index (χ3n) is 1.60. The van der Waals surface area contributed by atoms with E-state index in [2.05, 4.69) is 26.9 Å². The van der Waals surface area contributed by atoms with Gasteiger partial charge in [0.05, 0.1) is 19.5 Å². The summed E-state index contributed by atoms with van der Waals surface area (Å²) in [6, 6.07) is 0. The van der Waals surface area contributed by atoms with Crippen LogP contribution in [0.5, 0.6) is 0 Å². The van der Waals surface area contributed by atoms with Crippen LogP contribution in [0.1, 0.15) is 23.8 Å². The standard InChI is InChI=1S/C9H13N3O2/c1-3-4-10-8-6-11-7(5-12-8)9(13)14-2/h5-6H,3-4H2,1-2H3,(H,10,12). The van der Waals surface area contributed by atoms with E-state index in [1.54, 1.807) is 0 Å². The molecule has 0 amide bonds. The molecule has 0 bridgehead atoms. The summed E-state index contributed by atoms with van der Waals surface area (Å²) in [6.45, 7) is 2.90. The largest absolute Gasteiger partial charge is 0.464 e. The topological polar surface area (TPSA) is 64.1 Å². The van der Waals surface area contributed by atoms with Gasteiger partial charge in [0.25, 0.3) is 0 Å². The quantitative estimate of drug-likeness (QED) is 0.728. The Kier molecular flexibility index (Phi) is 3.84. The third-order valence-corrected chi connectivity index (χ3v) is 1.60. The molecule has 1 heterocycles. The molecule has 0 saturated heterocycles. The molecule has 5 nitrogen and oxygen atoms in total. The highest BCUT2D eigenvalue weighted by Crippen LogP contribution is 2.01. The monoisotopic (exact) mass is 195 g/mol. The first kappa shape index (κ1) is 10.4. The molecule has 14 heavy (non-hydrogen) atoms. The van der Waals surface area contributed by atoms with Crippen molar-refractivity contribution in [3.8, 4) is 0 Å². The zero-order chi connectivity index (χ0) is 10.4. The number of rotatable bonds is 4. The summed E-state index contributed by atoms with van der Waals surface area (Å²) >= 11 is 0. The molecule has 5 heteroatoms. The average Bonchev–Trinajstić information content (AvgIpc) is 2.26. The molecule has 0 aromatic carbocycles. The molecule has 0 aliphatic rings. The van der Waals surface area contributed by atoms with Crippen LogP contribution in [-0.4, -0.2) is 29.6 Å². The summed E-state index contributed by atoms with van der Waals surface area (Å²) in [5, 5.41) is 3.05. The van der Waals surface area contributed by atoms with Gasteiger partial charge in [-0.3, -0.25) is 0 Å². The lowest BCUT2D eigenvalue weighted by Gasteiger charge is -2.03. The lowest BCUT2D eigenvalue weighted by molar-refractivity contribution is 0.0593. The average molecular weight is 195 g/mol. The number of nitrogens with zero attached hydrogens (tertiary/aromatic N) is 2. The van der Waals surface area contributed by atoms with Crippen LogP contribution < -0.4 is 5.32 Å². The van der Waals surface area contributed by atoms with Crippen molar-refractivity contribution in [1.29, 1.82) is 0 Å². The molecule has 0 aliphatic carbocycles. The summed E-state index contributed by atoms with van der Waals surface area (Å²) < 4.78 is 4.50. The Balaban J connectivity index is 2.63. The van der Waals surface area contributed by atoms with Crippen LogP contribution in [-0.2, 0) is 4.74 Å². The highest BCUT2D eigenvalue weighted by Gasteiger charge is 2.06. The number of aromatic nitrogens is 2. The first-order chi connectivity index (χ1) is 6.77. The molecule has 1 rings (SSSR count). The highest BCUT2D eigenvalue weighted by molar-refractivity contribution is 5.86. The van der Waals surface area contributed by atoms with Crippen LogP contribution in [0.15, 0.2) is 12.4 Å². The molecule has 0 unspecified atom stereocenters. The molecule has 0 aliphatic heterocycles. The Morgan fingerprint density at radius 1 is 1.50 bits per heavy atom. The van der Waals surface area contributed by atoms with Gasteiger partial charge < -0.3 is 10.1 Å². The number of anilines is 1. The van der Waals surface area contributed by atoms with Crippen LogP contribution in [0, 0.1) is 0 Å². The minimum atomic E-state index is -0.473. The number of nitrogens with one attached hydrogen (secondary N) is 1. The Labute approximate surface area is 82.5 Å². The van der Waals surface area contributed by atoms with Crippen molar-refractivity contribution < 1.29 is 9.53 Å². The van der Waals surface area contributed by atoms with Gasteiger partial charge in [0.2, 0.25) is 0 Å². The van der Waals surface area contributed by atoms with E-state index < -0.39 is 5.97 Å². The molecular weight excluding hydrogens is 182 g/mol. The third kappa shape index (κ3) is 2.69. The van der Waals surface area contributed by atoms with Gasteiger partial charge in [-0.05, 0) is 6.42 Å². The lowest BCUT2D eigenvalue weighted by atomic mass is 10.4. The van der Waals surface area contributed by atoms with Crippen molar-refractivity contribution in [1.82, 2.24) is 9.97 Å².